The van der Waals surface area contributed by atoms with E-state index in [1.54, 1.807) is 30.3 Å². The van der Waals surface area contributed by atoms with Gasteiger partial charge < -0.3 is 0 Å². The molecular weight excluding hydrogens is 408 g/mol. The fourth-order valence-corrected chi connectivity index (χ4v) is 5.20. The molecule has 1 unspecified atom stereocenters. The Morgan fingerprint density at radius 3 is 1.61 bits per heavy atom. The third-order valence-electron chi connectivity index (χ3n) is 5.27. The molecule has 1 aromatic rings. The maximum absolute atomic E-state index is 13.3. The Morgan fingerprint density at radius 2 is 1.16 bits per heavy atom. The highest BCUT2D eigenvalue weighted by Gasteiger charge is 2.32. The number of hydrogen-bond donors (Lipinski definition) is 0. The average Bonchev–Trinajstić information content (AvgIpc) is 2.77. The van der Waals surface area contributed by atoms with Crippen molar-refractivity contribution >= 4 is 10.0 Å². The van der Waals surface area contributed by atoms with Gasteiger partial charge in [-0.2, -0.15) is 15.8 Å². The monoisotopic (exact) mass is 442 g/mol. The van der Waals surface area contributed by atoms with Gasteiger partial charge in [-0.25, -0.2) is 12.7 Å². The first-order valence-electron chi connectivity index (χ1n) is 11.3. The zero-order chi connectivity index (χ0) is 22.8. The minimum absolute atomic E-state index is 0.417. The van der Waals surface area contributed by atoms with Crippen molar-refractivity contribution in [3.63, 3.8) is 0 Å². The second-order valence-corrected chi connectivity index (χ2v) is 9.73. The van der Waals surface area contributed by atoms with Gasteiger partial charge in [-0.05, 0) is 31.2 Å². The Kier molecular flexibility index (Phi) is 14.0. The van der Waals surface area contributed by atoms with Gasteiger partial charge in [-0.15, -0.1) is 0 Å². The highest BCUT2D eigenvalue weighted by Crippen LogP contribution is 2.26. The number of nitrogens with zero attached hydrogens (tertiary/aromatic N) is 4. The van der Waals surface area contributed by atoms with Crippen LogP contribution in [0.25, 0.3) is 0 Å². The van der Waals surface area contributed by atoms with Gasteiger partial charge in [0.1, 0.15) is 0 Å². The van der Waals surface area contributed by atoms with Crippen LogP contribution in [0.15, 0.2) is 30.3 Å². The first kappa shape index (κ1) is 26.6. The molecule has 0 radical (unpaired) electrons. The number of rotatable bonds is 17. The third kappa shape index (κ3) is 10.5. The van der Waals surface area contributed by atoms with Crippen LogP contribution in [-0.2, 0) is 10.0 Å². The lowest BCUT2D eigenvalue weighted by Gasteiger charge is -2.25. The average molecular weight is 443 g/mol. The molecule has 6 nitrogen and oxygen atoms in total. The van der Waals surface area contributed by atoms with Crippen molar-refractivity contribution in [1.29, 1.82) is 15.8 Å². The van der Waals surface area contributed by atoms with E-state index in [1.165, 1.54) is 4.31 Å². The molecule has 0 aliphatic rings. The molecule has 0 aliphatic carbocycles. The molecule has 168 valence electrons. The van der Waals surface area contributed by atoms with E-state index in [1.807, 2.05) is 6.07 Å². The van der Waals surface area contributed by atoms with Crippen molar-refractivity contribution in [1.82, 2.24) is 4.31 Å². The molecule has 0 spiro atoms. The topological polar surface area (TPSA) is 109 Å². The number of nitriles is 3. The summed E-state index contributed by atoms with van der Waals surface area (Å²) in [5, 5.41) is 25.6. The van der Waals surface area contributed by atoms with Crippen molar-refractivity contribution in [3.8, 4) is 18.2 Å². The summed E-state index contributed by atoms with van der Waals surface area (Å²) in [7, 11) is -3.78. The lowest BCUT2D eigenvalue weighted by atomic mass is 10.1. The van der Waals surface area contributed by atoms with Crippen molar-refractivity contribution in [3.05, 3.63) is 35.9 Å². The Balaban J connectivity index is 2.70. The number of sulfonamides is 1. The molecule has 0 saturated carbocycles. The Hall–Kier alpha value is -2.40. The van der Waals surface area contributed by atoms with Crippen LogP contribution in [0, 0.1) is 34.0 Å². The fourth-order valence-electron chi connectivity index (χ4n) is 3.50. The van der Waals surface area contributed by atoms with Crippen molar-refractivity contribution < 1.29 is 8.42 Å². The van der Waals surface area contributed by atoms with Gasteiger partial charge in [-0.3, -0.25) is 0 Å². The van der Waals surface area contributed by atoms with Gasteiger partial charge in [0, 0.05) is 25.9 Å². The predicted molar refractivity (Wildman–Crippen MR) is 122 cm³/mol. The molecule has 1 atom stereocenters. The van der Waals surface area contributed by atoms with Crippen LogP contribution in [0.4, 0.5) is 0 Å². The van der Waals surface area contributed by atoms with E-state index in [4.69, 9.17) is 10.5 Å². The summed E-state index contributed by atoms with van der Waals surface area (Å²) in [5.41, 5.74) is 0.503. The smallest absolute Gasteiger partial charge is 0.210 e. The molecule has 0 aromatic heterocycles. The molecular formula is C24H34N4O2S. The molecule has 31 heavy (non-hydrogen) atoms. The highest BCUT2D eigenvalue weighted by atomic mass is 32.2. The van der Waals surface area contributed by atoms with Crippen molar-refractivity contribution in [2.45, 2.75) is 82.3 Å². The lowest BCUT2D eigenvalue weighted by Crippen LogP contribution is -2.36. The van der Waals surface area contributed by atoms with Crippen LogP contribution < -0.4 is 0 Å². The molecule has 0 amide bonds. The van der Waals surface area contributed by atoms with E-state index < -0.39 is 15.3 Å². The number of benzene rings is 1. The third-order valence-corrected chi connectivity index (χ3v) is 7.33. The summed E-state index contributed by atoms with van der Waals surface area (Å²) in [4.78, 5) is 0. The number of hydrogen-bond acceptors (Lipinski definition) is 5. The molecule has 0 saturated heterocycles. The molecule has 0 N–H and O–H groups in total. The van der Waals surface area contributed by atoms with E-state index in [0.29, 0.717) is 31.5 Å². The summed E-state index contributed by atoms with van der Waals surface area (Å²) in [5.74, 6) is 0. The Bertz CT molecular complexity index is 807. The molecule has 0 heterocycles. The van der Waals surface area contributed by atoms with Crippen molar-refractivity contribution in [2.24, 2.45) is 0 Å². The molecule has 7 heteroatoms. The molecule has 0 aliphatic heterocycles. The summed E-state index contributed by atoms with van der Waals surface area (Å²) < 4.78 is 28.1. The normalized spacial score (nSPS) is 12.1. The SMILES string of the molecule is N#CCCCCCCCN(CCCCCCCC#N)S(=O)(=O)C(C#N)c1ccccc1. The fraction of sp³-hybridized carbons (Fsp3) is 0.625. The molecule has 1 aromatic carbocycles. The van der Waals surface area contributed by atoms with Gasteiger partial charge in [0.15, 0.2) is 5.25 Å². The Labute approximate surface area is 188 Å². The van der Waals surface area contributed by atoms with Crippen LogP contribution in [0.2, 0.25) is 0 Å². The second-order valence-electron chi connectivity index (χ2n) is 7.72. The van der Waals surface area contributed by atoms with E-state index in [9.17, 15) is 13.7 Å². The van der Waals surface area contributed by atoms with Gasteiger partial charge in [0.05, 0.1) is 18.2 Å². The minimum atomic E-state index is -3.78. The minimum Gasteiger partial charge on any atom is -0.210 e. The standard InChI is InChI=1S/C24H34N4O2S/c25-18-12-5-1-3-7-14-20-28(21-15-8-4-2-6-13-19-26)31(29,30)24(22-27)23-16-10-9-11-17-23/h9-11,16-17,24H,1-8,12-15,20-21H2. The maximum Gasteiger partial charge on any atom is 0.234 e. The largest absolute Gasteiger partial charge is 0.234 e. The first-order chi connectivity index (χ1) is 15.1. The van der Waals surface area contributed by atoms with Gasteiger partial charge in [0.2, 0.25) is 10.0 Å². The van der Waals surface area contributed by atoms with Gasteiger partial charge in [-0.1, -0.05) is 68.9 Å². The van der Waals surface area contributed by atoms with Crippen LogP contribution in [0.1, 0.15) is 87.9 Å². The molecule has 0 fully saturated rings. The van der Waals surface area contributed by atoms with E-state index in [-0.39, 0.29) is 0 Å². The second kappa shape index (κ2) is 16.3. The number of unbranched alkanes of at least 4 members (excludes halogenated alkanes) is 10. The van der Waals surface area contributed by atoms with Crippen LogP contribution in [-0.4, -0.2) is 25.8 Å². The summed E-state index contributed by atoms with van der Waals surface area (Å²) in [6.45, 7) is 0.833. The molecule has 1 rings (SSSR count). The highest BCUT2D eigenvalue weighted by molar-refractivity contribution is 7.89. The van der Waals surface area contributed by atoms with Crippen molar-refractivity contribution in [2.75, 3.05) is 13.1 Å². The van der Waals surface area contributed by atoms with Gasteiger partial charge in [0.25, 0.3) is 0 Å². The van der Waals surface area contributed by atoms with E-state index in [0.717, 1.165) is 64.2 Å². The zero-order valence-corrected chi connectivity index (χ0v) is 19.2. The summed E-state index contributed by atoms with van der Waals surface area (Å²) in [6.07, 6.45) is 10.1. The van der Waals surface area contributed by atoms with E-state index in [2.05, 4.69) is 12.1 Å². The van der Waals surface area contributed by atoms with Crippen LogP contribution in [0.3, 0.4) is 0 Å². The lowest BCUT2D eigenvalue weighted by molar-refractivity contribution is 0.381. The quantitative estimate of drug-likeness (QED) is 0.291. The van der Waals surface area contributed by atoms with Crippen LogP contribution >= 0.6 is 0 Å². The maximum atomic E-state index is 13.3. The summed E-state index contributed by atoms with van der Waals surface area (Å²) >= 11 is 0. The predicted octanol–water partition coefficient (Wildman–Crippen LogP) is 5.61. The Morgan fingerprint density at radius 1 is 0.710 bits per heavy atom. The zero-order valence-electron chi connectivity index (χ0n) is 18.4. The first-order valence-corrected chi connectivity index (χ1v) is 12.8. The van der Waals surface area contributed by atoms with Gasteiger partial charge >= 0.3 is 0 Å². The van der Waals surface area contributed by atoms with E-state index >= 15 is 0 Å². The summed E-state index contributed by atoms with van der Waals surface area (Å²) in [6, 6.07) is 15.0. The molecule has 0 bridgehead atoms. The van der Waals surface area contributed by atoms with Crippen LogP contribution in [0.5, 0.6) is 0 Å².